The van der Waals surface area contributed by atoms with Gasteiger partial charge in [0.05, 0.1) is 0 Å². The predicted octanol–water partition coefficient (Wildman–Crippen LogP) is 1.85. The summed E-state index contributed by atoms with van der Waals surface area (Å²) in [7, 11) is 3.57. The maximum Gasteiger partial charge on any atom is 0.317 e. The van der Waals surface area contributed by atoms with E-state index in [1.807, 2.05) is 24.0 Å². The van der Waals surface area contributed by atoms with Gasteiger partial charge in [-0.25, -0.2) is 4.79 Å². The Kier molecular flexibility index (Phi) is 7.12. The molecule has 0 radical (unpaired) electrons. The van der Waals surface area contributed by atoms with Gasteiger partial charge in [0.25, 0.3) is 0 Å². The molecule has 1 saturated heterocycles. The number of nitrogens with zero attached hydrogens (tertiary/aromatic N) is 2. The first-order valence-corrected chi connectivity index (χ1v) is 7.38. The van der Waals surface area contributed by atoms with Gasteiger partial charge in [-0.3, -0.25) is 4.79 Å². The van der Waals surface area contributed by atoms with Crippen LogP contribution in [0.1, 0.15) is 32.6 Å². The van der Waals surface area contributed by atoms with Gasteiger partial charge >= 0.3 is 6.03 Å². The van der Waals surface area contributed by atoms with Gasteiger partial charge in [0, 0.05) is 40.2 Å². The summed E-state index contributed by atoms with van der Waals surface area (Å²) in [5.41, 5.74) is 0. The van der Waals surface area contributed by atoms with Crippen molar-refractivity contribution in [3.8, 4) is 0 Å². The largest absolute Gasteiger partial charge is 0.349 e. The fourth-order valence-corrected chi connectivity index (χ4v) is 2.31. The number of urea groups is 1. The fraction of sp³-hybridized carbons (Fsp3) is 0.733. The lowest BCUT2D eigenvalue weighted by Crippen LogP contribution is -2.45. The van der Waals surface area contributed by atoms with E-state index in [1.165, 1.54) is 0 Å². The maximum atomic E-state index is 11.9. The van der Waals surface area contributed by atoms with Gasteiger partial charge in [0.1, 0.15) is 0 Å². The summed E-state index contributed by atoms with van der Waals surface area (Å²) < 4.78 is 0. The van der Waals surface area contributed by atoms with Crippen LogP contribution in [-0.2, 0) is 4.79 Å². The van der Waals surface area contributed by atoms with Gasteiger partial charge < -0.3 is 15.1 Å². The second-order valence-corrected chi connectivity index (χ2v) is 5.51. The van der Waals surface area contributed by atoms with E-state index in [9.17, 15) is 9.59 Å². The lowest BCUT2D eigenvalue weighted by molar-refractivity contribution is -0.129. The molecule has 0 aliphatic carbocycles. The molecule has 0 aromatic carbocycles. The number of hydrogen-bond donors (Lipinski definition) is 1. The third-order valence-corrected chi connectivity index (χ3v) is 3.69. The van der Waals surface area contributed by atoms with E-state index in [4.69, 9.17) is 0 Å². The molecular formula is C15H27N3O2. The Balaban J connectivity index is 2.24. The molecule has 0 unspecified atom stereocenters. The average molecular weight is 281 g/mol. The van der Waals surface area contributed by atoms with Crippen LogP contribution >= 0.6 is 0 Å². The topological polar surface area (TPSA) is 52.7 Å². The van der Waals surface area contributed by atoms with Crippen molar-refractivity contribution in [1.29, 1.82) is 0 Å². The smallest absolute Gasteiger partial charge is 0.317 e. The minimum Gasteiger partial charge on any atom is -0.349 e. The van der Waals surface area contributed by atoms with Gasteiger partial charge in [-0.05, 0) is 32.1 Å². The van der Waals surface area contributed by atoms with E-state index in [0.717, 1.165) is 32.4 Å². The molecule has 0 atom stereocenters. The van der Waals surface area contributed by atoms with Crippen LogP contribution in [0.2, 0.25) is 0 Å². The first-order valence-electron chi connectivity index (χ1n) is 7.38. The molecule has 0 spiro atoms. The number of amides is 3. The lowest BCUT2D eigenvalue weighted by atomic mass is 9.93. The van der Waals surface area contributed by atoms with Crippen molar-refractivity contribution < 1.29 is 9.59 Å². The Morgan fingerprint density at radius 3 is 2.50 bits per heavy atom. The van der Waals surface area contributed by atoms with Crippen LogP contribution in [0.25, 0.3) is 0 Å². The Morgan fingerprint density at radius 1 is 1.30 bits per heavy atom. The standard InChI is InChI=1S/C15H27N3O2/c1-4-5-6-9-16-15(20)18-10-7-13(8-11-18)12-14(19)17(2)3/h4-5,13H,6-12H2,1-3H3,(H,16,20)/b5-4+. The molecule has 1 rings (SSSR count). The number of hydrogen-bond acceptors (Lipinski definition) is 2. The number of rotatable bonds is 5. The van der Waals surface area contributed by atoms with Crippen molar-refractivity contribution in [3.63, 3.8) is 0 Å². The summed E-state index contributed by atoms with van der Waals surface area (Å²) in [5.74, 6) is 0.594. The third-order valence-electron chi connectivity index (χ3n) is 3.69. The van der Waals surface area contributed by atoms with Crippen LogP contribution in [0, 0.1) is 5.92 Å². The first-order chi connectivity index (χ1) is 9.54. The van der Waals surface area contributed by atoms with Crippen LogP contribution in [0.5, 0.6) is 0 Å². The summed E-state index contributed by atoms with van der Waals surface area (Å²) in [4.78, 5) is 27.1. The van der Waals surface area contributed by atoms with E-state index < -0.39 is 0 Å². The van der Waals surface area contributed by atoms with Gasteiger partial charge in [0.2, 0.25) is 5.91 Å². The van der Waals surface area contributed by atoms with Crippen molar-refractivity contribution in [1.82, 2.24) is 15.1 Å². The van der Waals surface area contributed by atoms with Crippen LogP contribution < -0.4 is 5.32 Å². The molecule has 1 fully saturated rings. The van der Waals surface area contributed by atoms with Crippen molar-refractivity contribution >= 4 is 11.9 Å². The fourth-order valence-electron chi connectivity index (χ4n) is 2.31. The second-order valence-electron chi connectivity index (χ2n) is 5.51. The highest BCUT2D eigenvalue weighted by molar-refractivity contribution is 5.76. The molecule has 0 aromatic heterocycles. The highest BCUT2D eigenvalue weighted by Crippen LogP contribution is 2.21. The molecule has 0 aromatic rings. The summed E-state index contributed by atoms with van der Waals surface area (Å²) in [6.45, 7) is 4.16. The molecule has 1 N–H and O–H groups in total. The van der Waals surface area contributed by atoms with Crippen molar-refractivity contribution in [2.45, 2.75) is 32.6 Å². The zero-order valence-corrected chi connectivity index (χ0v) is 12.9. The third kappa shape index (κ3) is 5.63. The van der Waals surface area contributed by atoms with E-state index in [1.54, 1.807) is 19.0 Å². The molecule has 0 saturated carbocycles. The number of carbonyl (C=O) groups is 2. The Morgan fingerprint density at radius 2 is 1.95 bits per heavy atom. The lowest BCUT2D eigenvalue weighted by Gasteiger charge is -2.32. The van der Waals surface area contributed by atoms with E-state index in [2.05, 4.69) is 5.32 Å². The summed E-state index contributed by atoms with van der Waals surface area (Å²) in [6, 6.07) is 0.0203. The quantitative estimate of drug-likeness (QED) is 0.617. The predicted molar refractivity (Wildman–Crippen MR) is 80.4 cm³/mol. The Labute approximate surface area is 122 Å². The summed E-state index contributed by atoms with van der Waals surface area (Å²) in [6.07, 6.45) is 7.34. The first kappa shape index (κ1) is 16.5. The molecule has 1 aliphatic rings. The number of carbonyl (C=O) groups excluding carboxylic acids is 2. The Bertz CT molecular complexity index is 345. The van der Waals surface area contributed by atoms with Crippen LogP contribution in [0.3, 0.4) is 0 Å². The SMILES string of the molecule is C/C=C/CCNC(=O)N1CCC(CC(=O)N(C)C)CC1. The normalized spacial score (nSPS) is 16.4. The van der Waals surface area contributed by atoms with Crippen molar-refractivity contribution in [3.05, 3.63) is 12.2 Å². The van der Waals surface area contributed by atoms with Crippen molar-refractivity contribution in [2.75, 3.05) is 33.7 Å². The second kappa shape index (κ2) is 8.61. The van der Waals surface area contributed by atoms with Crippen LogP contribution in [0.15, 0.2) is 12.2 Å². The minimum atomic E-state index is 0.0203. The highest BCUT2D eigenvalue weighted by atomic mass is 16.2. The highest BCUT2D eigenvalue weighted by Gasteiger charge is 2.24. The van der Waals surface area contributed by atoms with E-state index in [0.29, 0.717) is 18.9 Å². The van der Waals surface area contributed by atoms with Gasteiger partial charge in [-0.2, -0.15) is 0 Å². The number of nitrogens with one attached hydrogen (secondary N) is 1. The zero-order valence-electron chi connectivity index (χ0n) is 12.9. The number of piperidine rings is 1. The van der Waals surface area contributed by atoms with Gasteiger partial charge in [-0.1, -0.05) is 12.2 Å². The summed E-state index contributed by atoms with van der Waals surface area (Å²) in [5, 5.41) is 2.92. The monoisotopic (exact) mass is 281 g/mol. The molecule has 0 bridgehead atoms. The molecule has 1 heterocycles. The van der Waals surface area contributed by atoms with E-state index in [-0.39, 0.29) is 11.9 Å². The zero-order chi connectivity index (χ0) is 15.0. The molecule has 114 valence electrons. The van der Waals surface area contributed by atoms with Crippen LogP contribution in [-0.4, -0.2) is 55.5 Å². The molecular weight excluding hydrogens is 254 g/mol. The molecule has 5 heteroatoms. The van der Waals surface area contributed by atoms with E-state index >= 15 is 0 Å². The Hall–Kier alpha value is -1.52. The molecule has 3 amide bonds. The number of likely N-dealkylation sites (tertiary alicyclic amines) is 1. The molecule has 20 heavy (non-hydrogen) atoms. The number of allylic oxidation sites excluding steroid dienone is 1. The molecule has 5 nitrogen and oxygen atoms in total. The summed E-state index contributed by atoms with van der Waals surface area (Å²) >= 11 is 0. The van der Waals surface area contributed by atoms with Crippen molar-refractivity contribution in [2.24, 2.45) is 5.92 Å². The van der Waals surface area contributed by atoms with Gasteiger partial charge in [-0.15, -0.1) is 0 Å². The minimum absolute atomic E-state index is 0.0203. The maximum absolute atomic E-state index is 11.9. The average Bonchev–Trinajstić information content (AvgIpc) is 2.44. The molecule has 1 aliphatic heterocycles. The van der Waals surface area contributed by atoms with Gasteiger partial charge in [0.15, 0.2) is 0 Å². The van der Waals surface area contributed by atoms with Crippen LogP contribution in [0.4, 0.5) is 4.79 Å².